The van der Waals surface area contributed by atoms with E-state index in [1.165, 1.54) is 36.4 Å². The summed E-state index contributed by atoms with van der Waals surface area (Å²) in [5, 5.41) is 49.2. The second kappa shape index (κ2) is 31.0. The first-order valence-corrected chi connectivity index (χ1v) is 29.2. The van der Waals surface area contributed by atoms with Crippen LogP contribution in [-0.4, -0.2) is 121 Å². The number of rotatable bonds is 22. The average Bonchev–Trinajstić information content (AvgIpc) is 1.40. The predicted octanol–water partition coefficient (Wildman–Crippen LogP) is 13.6. The number of ether oxygens (including phenoxy) is 3. The lowest BCUT2D eigenvalue weighted by Crippen LogP contribution is -2.23. The Morgan fingerprint density at radius 1 is 0.374 bits per heavy atom. The third kappa shape index (κ3) is 17.8. The lowest BCUT2D eigenvalue weighted by atomic mass is 10.1. The highest BCUT2D eigenvalue weighted by molar-refractivity contribution is 5.95. The van der Waals surface area contributed by atoms with Crippen LogP contribution in [0.1, 0.15) is 6.42 Å². The number of hydrogen-bond donors (Lipinski definition) is 7. The minimum absolute atomic E-state index is 0.138. The highest BCUT2D eigenvalue weighted by Crippen LogP contribution is 2.34. The molecule has 0 amide bonds. The smallest absolute Gasteiger partial charge is 0.223 e. The zero-order chi connectivity index (χ0) is 63.5. The molecule has 9 aromatic carbocycles. The topological polar surface area (TPSA) is 225 Å². The normalized spacial score (nSPS) is 11.7. The first-order valence-electron chi connectivity index (χ1n) is 29.2. The number of aliphatic hydroxyl groups is 4. The molecule has 7 N–H and O–H groups in total. The van der Waals surface area contributed by atoms with Crippen LogP contribution in [0.25, 0.3) is 66.5 Å². The van der Waals surface area contributed by atoms with Gasteiger partial charge in [0.2, 0.25) is 17.8 Å². The Morgan fingerprint density at radius 2 is 0.648 bits per heavy atom. The van der Waals surface area contributed by atoms with Gasteiger partial charge in [-0.1, -0.05) is 54.6 Å². The molecule has 0 aliphatic rings. The molecular weight excluding hydrogens is 1160 g/mol. The van der Waals surface area contributed by atoms with Gasteiger partial charge >= 0.3 is 0 Å². The number of hydrogen-bond acceptors (Lipinski definition) is 17. The summed E-state index contributed by atoms with van der Waals surface area (Å²) in [5.41, 5.74) is 7.46. The Bertz CT molecular complexity index is 4110. The van der Waals surface area contributed by atoms with Crippen molar-refractivity contribution < 1.29 is 47.8 Å². The van der Waals surface area contributed by atoms with E-state index >= 15 is 0 Å². The van der Waals surface area contributed by atoms with Crippen molar-refractivity contribution in [1.29, 1.82) is 0 Å². The highest BCUT2D eigenvalue weighted by atomic mass is 19.1. The van der Waals surface area contributed by atoms with Gasteiger partial charge in [0.25, 0.3) is 0 Å². The van der Waals surface area contributed by atoms with Gasteiger partial charge in [-0.05, 0) is 191 Å². The molecule has 462 valence electrons. The van der Waals surface area contributed by atoms with Crippen LogP contribution in [0.3, 0.4) is 0 Å². The standard InChI is InChI=1S/C25H25FN4O.2C23H20FN3O3/c1-30(2)17-5-16-27-25-28-23-7-4-3-6-22(23)24(29-25)18-8-12-20(13-9-18)31-21-14-10-19(26)11-15-21;2*24-16-7-11-19(12-8-16)30-18-9-5-15(6-10-18)22-20-3-1-2-4-21(20)26-23(27-22)25-13-17(29)14-28/h3-4,6-15H,5,16-17H2,1-2H3,(H,27,28,29);2*1-12,17,28-29H,13-14H2,(H,25,26,27)/t;2*17-/m.10/s1. The lowest BCUT2D eigenvalue weighted by molar-refractivity contribution is 0.105. The van der Waals surface area contributed by atoms with Crippen molar-refractivity contribution in [2.45, 2.75) is 18.6 Å². The van der Waals surface area contributed by atoms with Gasteiger partial charge in [-0.2, -0.15) is 0 Å². The fraction of sp³-hybridized carbons (Fsp3) is 0.155. The molecule has 0 aliphatic heterocycles. The molecule has 17 nitrogen and oxygen atoms in total. The molecule has 0 unspecified atom stereocenters. The number of halogens is 3. The molecule has 0 aliphatic carbocycles. The van der Waals surface area contributed by atoms with Crippen molar-refractivity contribution in [3.05, 3.63) is 236 Å². The van der Waals surface area contributed by atoms with E-state index < -0.39 is 12.2 Å². The van der Waals surface area contributed by atoms with Gasteiger partial charge in [0, 0.05) is 52.5 Å². The van der Waals surface area contributed by atoms with Crippen LogP contribution in [0.15, 0.2) is 218 Å². The van der Waals surface area contributed by atoms with Crippen molar-refractivity contribution in [3.63, 3.8) is 0 Å². The van der Waals surface area contributed by atoms with Gasteiger partial charge < -0.3 is 55.5 Å². The molecular formula is C71H65F3N10O7. The third-order valence-electron chi connectivity index (χ3n) is 13.8. The number of aromatic nitrogens is 6. The maximum Gasteiger partial charge on any atom is 0.223 e. The van der Waals surface area contributed by atoms with E-state index in [2.05, 4.69) is 59.9 Å². The molecule has 0 saturated carbocycles. The Morgan fingerprint density at radius 3 is 0.934 bits per heavy atom. The summed E-state index contributed by atoms with van der Waals surface area (Å²) in [4.78, 5) is 29.8. The van der Waals surface area contributed by atoms with E-state index in [9.17, 15) is 23.4 Å². The van der Waals surface area contributed by atoms with Gasteiger partial charge in [0.1, 0.15) is 51.9 Å². The Balaban J connectivity index is 0.000000150. The van der Waals surface area contributed by atoms with Crippen LogP contribution in [-0.2, 0) is 0 Å². The Kier molecular flexibility index (Phi) is 21.6. The minimum Gasteiger partial charge on any atom is -0.457 e. The third-order valence-corrected chi connectivity index (χ3v) is 13.8. The van der Waals surface area contributed by atoms with Gasteiger partial charge in [0.05, 0.1) is 59.1 Å². The molecule has 12 rings (SSSR count). The number of aliphatic hydroxyl groups excluding tert-OH is 4. The zero-order valence-corrected chi connectivity index (χ0v) is 49.7. The molecule has 0 fully saturated rings. The van der Waals surface area contributed by atoms with E-state index in [0.29, 0.717) is 52.3 Å². The lowest BCUT2D eigenvalue weighted by Gasteiger charge is -2.12. The maximum atomic E-state index is 13.1. The summed E-state index contributed by atoms with van der Waals surface area (Å²) in [5.74, 6) is 4.03. The van der Waals surface area contributed by atoms with Crippen molar-refractivity contribution in [2.75, 3.05) is 69.4 Å². The number of para-hydroxylation sites is 3. The van der Waals surface area contributed by atoms with Gasteiger partial charge in [-0.25, -0.2) is 43.1 Å². The van der Waals surface area contributed by atoms with E-state index in [0.717, 1.165) is 86.0 Å². The minimum atomic E-state index is -0.897. The van der Waals surface area contributed by atoms with Crippen LogP contribution >= 0.6 is 0 Å². The van der Waals surface area contributed by atoms with Crippen LogP contribution in [0.4, 0.5) is 31.0 Å². The van der Waals surface area contributed by atoms with Crippen LogP contribution in [0, 0.1) is 17.5 Å². The van der Waals surface area contributed by atoms with E-state index in [-0.39, 0.29) is 43.8 Å². The average molecular weight is 1230 g/mol. The van der Waals surface area contributed by atoms with Crippen molar-refractivity contribution in [3.8, 4) is 68.3 Å². The molecule has 91 heavy (non-hydrogen) atoms. The highest BCUT2D eigenvalue weighted by Gasteiger charge is 2.15. The van der Waals surface area contributed by atoms with E-state index in [4.69, 9.17) is 29.4 Å². The summed E-state index contributed by atoms with van der Waals surface area (Å²) in [6, 6.07) is 63.5. The van der Waals surface area contributed by atoms with Crippen LogP contribution < -0.4 is 30.2 Å². The van der Waals surface area contributed by atoms with Crippen molar-refractivity contribution in [2.24, 2.45) is 0 Å². The Labute approximate surface area is 523 Å². The summed E-state index contributed by atoms with van der Waals surface area (Å²) in [6.45, 7) is 1.40. The summed E-state index contributed by atoms with van der Waals surface area (Å²) in [7, 11) is 4.13. The van der Waals surface area contributed by atoms with Crippen molar-refractivity contribution >= 4 is 50.6 Å². The number of fused-ring (bicyclic) bond motifs is 3. The number of nitrogens with one attached hydrogen (secondary N) is 3. The van der Waals surface area contributed by atoms with Gasteiger partial charge in [-0.15, -0.1) is 0 Å². The first-order chi connectivity index (χ1) is 44.3. The SMILES string of the molecule is CN(C)CCCNc1nc(-c2ccc(Oc3ccc(F)cc3)cc2)c2ccccc2n1.OC[C@@H](O)CNc1nc(-c2ccc(Oc3ccc(F)cc3)cc2)c2ccccc2n1.OC[C@H](O)CNc1nc(-c2ccc(Oc3ccc(F)cc3)cc2)c2ccccc2n1. The van der Waals surface area contributed by atoms with E-state index in [1.54, 1.807) is 36.4 Å². The van der Waals surface area contributed by atoms with Crippen LogP contribution in [0.2, 0.25) is 0 Å². The molecule has 0 radical (unpaired) electrons. The molecule has 20 heteroatoms. The number of benzene rings is 9. The fourth-order valence-corrected chi connectivity index (χ4v) is 9.23. The maximum absolute atomic E-state index is 13.1. The number of anilines is 3. The zero-order valence-electron chi connectivity index (χ0n) is 49.7. The summed E-state index contributed by atoms with van der Waals surface area (Å²) in [6.07, 6.45) is -0.786. The Hall–Kier alpha value is -10.6. The summed E-state index contributed by atoms with van der Waals surface area (Å²) >= 11 is 0. The van der Waals surface area contributed by atoms with Gasteiger partial charge in [-0.3, -0.25) is 0 Å². The second-order valence-corrected chi connectivity index (χ2v) is 21.0. The molecule has 0 spiro atoms. The molecule has 3 heterocycles. The molecule has 0 bridgehead atoms. The quantitative estimate of drug-likeness (QED) is 0.0313. The van der Waals surface area contributed by atoms with Crippen LogP contribution in [0.5, 0.6) is 34.5 Å². The molecule has 2 atom stereocenters. The second-order valence-electron chi connectivity index (χ2n) is 21.0. The fourth-order valence-electron chi connectivity index (χ4n) is 9.23. The number of nitrogens with zero attached hydrogens (tertiary/aromatic N) is 7. The van der Waals surface area contributed by atoms with E-state index in [1.807, 2.05) is 146 Å². The molecule has 3 aromatic heterocycles. The molecule has 0 saturated heterocycles. The monoisotopic (exact) mass is 1230 g/mol. The largest absolute Gasteiger partial charge is 0.457 e. The first kappa shape index (κ1) is 63.4. The molecule has 12 aromatic rings. The predicted molar refractivity (Wildman–Crippen MR) is 349 cm³/mol. The van der Waals surface area contributed by atoms with Crippen molar-refractivity contribution in [1.82, 2.24) is 34.8 Å². The van der Waals surface area contributed by atoms with Gasteiger partial charge in [0.15, 0.2) is 0 Å². The summed E-state index contributed by atoms with van der Waals surface area (Å²) < 4.78 is 56.5.